The van der Waals surface area contributed by atoms with Gasteiger partial charge in [-0.1, -0.05) is 45.0 Å². The second-order valence-electron chi connectivity index (χ2n) is 6.31. The van der Waals surface area contributed by atoms with E-state index in [2.05, 4.69) is 81.0 Å². The Balaban J connectivity index is 0.00000147. The van der Waals surface area contributed by atoms with E-state index in [0.29, 0.717) is 0 Å². The molecule has 0 saturated carbocycles. The number of fused-ring (bicyclic) bond motifs is 3. The number of hydrogen-bond acceptors (Lipinski definition) is 0. The van der Waals surface area contributed by atoms with Crippen LogP contribution in [-0.4, -0.2) is 0 Å². The minimum Gasteiger partial charge on any atom is -1.00 e. The molecule has 3 rings (SSSR count). The third-order valence-corrected chi connectivity index (χ3v) is 3.83. The van der Waals surface area contributed by atoms with Crippen LogP contribution >= 0.6 is 0 Å². The first kappa shape index (κ1) is 14.8. The van der Waals surface area contributed by atoms with Gasteiger partial charge in [-0.05, 0) is 23.1 Å². The molecule has 2 heteroatoms. The van der Waals surface area contributed by atoms with Crippen molar-refractivity contribution in [3.05, 3.63) is 54.2 Å². The molecule has 0 aliphatic rings. The predicted molar refractivity (Wildman–Crippen MR) is 81.3 cm³/mol. The smallest absolute Gasteiger partial charge is 0.212 e. The van der Waals surface area contributed by atoms with Gasteiger partial charge in [0.05, 0.1) is 5.39 Å². The van der Waals surface area contributed by atoms with Gasteiger partial charge in [-0.3, -0.25) is 0 Å². The van der Waals surface area contributed by atoms with Crippen LogP contribution in [0.5, 0.6) is 0 Å². The van der Waals surface area contributed by atoms with Crippen LogP contribution in [0.2, 0.25) is 0 Å². The highest BCUT2D eigenvalue weighted by molar-refractivity contribution is 6.04. The van der Waals surface area contributed by atoms with Gasteiger partial charge in [0.1, 0.15) is 7.05 Å². The molecule has 104 valence electrons. The average Bonchev–Trinajstić information content (AvgIpc) is 2.37. The quantitative estimate of drug-likeness (QED) is 0.431. The Morgan fingerprint density at radius 1 is 0.900 bits per heavy atom. The maximum Gasteiger partial charge on any atom is 0.212 e. The summed E-state index contributed by atoms with van der Waals surface area (Å²) in [6.07, 6.45) is 2.20. The van der Waals surface area contributed by atoms with E-state index in [-0.39, 0.29) is 17.8 Å². The van der Waals surface area contributed by atoms with Gasteiger partial charge < -0.3 is 12.4 Å². The number of rotatable bonds is 0. The van der Waals surface area contributed by atoms with Crippen LogP contribution < -0.4 is 17.0 Å². The Hall–Kier alpha value is -1.60. The highest BCUT2D eigenvalue weighted by Gasteiger charge is 2.17. The van der Waals surface area contributed by atoms with Crippen LogP contribution in [0.3, 0.4) is 0 Å². The molecule has 0 fully saturated rings. The summed E-state index contributed by atoms with van der Waals surface area (Å²) >= 11 is 0. The summed E-state index contributed by atoms with van der Waals surface area (Å²) in [5.74, 6) is 0. The Kier molecular flexibility index (Phi) is 3.75. The van der Waals surface area contributed by atoms with Gasteiger partial charge in [0.25, 0.3) is 0 Å². The first-order valence-electron chi connectivity index (χ1n) is 6.78. The van der Waals surface area contributed by atoms with E-state index in [1.165, 1.54) is 27.2 Å². The molecule has 0 radical (unpaired) electrons. The lowest BCUT2D eigenvalue weighted by Gasteiger charge is -2.19. The van der Waals surface area contributed by atoms with E-state index in [9.17, 15) is 0 Å². The first-order chi connectivity index (χ1) is 8.97. The van der Waals surface area contributed by atoms with Crippen molar-refractivity contribution in [3.63, 3.8) is 0 Å². The number of halogens is 1. The molecule has 0 N–H and O–H groups in total. The van der Waals surface area contributed by atoms with Crippen LogP contribution in [0, 0.1) is 0 Å². The van der Waals surface area contributed by atoms with Gasteiger partial charge in [0.2, 0.25) is 5.52 Å². The van der Waals surface area contributed by atoms with Gasteiger partial charge in [-0.25, -0.2) is 4.57 Å². The summed E-state index contributed by atoms with van der Waals surface area (Å²) in [4.78, 5) is 0. The van der Waals surface area contributed by atoms with Gasteiger partial charge in [-0.15, -0.1) is 0 Å². The molecular weight excluding hydrogens is 266 g/mol. The Morgan fingerprint density at radius 3 is 2.30 bits per heavy atom. The lowest BCUT2D eigenvalue weighted by Crippen LogP contribution is -3.00. The first-order valence-corrected chi connectivity index (χ1v) is 6.78. The topological polar surface area (TPSA) is 3.88 Å². The van der Waals surface area contributed by atoms with Crippen LogP contribution in [0.4, 0.5) is 0 Å². The monoisotopic (exact) mass is 285 g/mol. The minimum absolute atomic E-state index is 0. The molecule has 0 bridgehead atoms. The zero-order valence-electron chi connectivity index (χ0n) is 12.4. The van der Waals surface area contributed by atoms with E-state index < -0.39 is 0 Å². The van der Waals surface area contributed by atoms with Crippen LogP contribution in [0.15, 0.2) is 48.7 Å². The highest BCUT2D eigenvalue weighted by atomic mass is 35.5. The third kappa shape index (κ3) is 2.38. The number of hydrogen-bond donors (Lipinski definition) is 0. The molecule has 2 aromatic carbocycles. The fourth-order valence-corrected chi connectivity index (χ4v) is 2.66. The fraction of sp³-hybridized carbons (Fsp3) is 0.278. The van der Waals surface area contributed by atoms with Gasteiger partial charge in [0.15, 0.2) is 6.20 Å². The standard InChI is InChI=1S/C18H20N.ClH/c1-18(2,3)14-9-10-17-16(11-14)15-8-6-5-7-13(15)12-19(17)4;/h5-12H,1-4H3;1H/q+1;/p-1. The number of aryl methyl sites for hydroxylation is 1. The largest absolute Gasteiger partial charge is 1.00 e. The van der Waals surface area contributed by atoms with E-state index in [1.54, 1.807) is 0 Å². The SMILES string of the molecule is C[n+]1cc2ccccc2c2cc(C(C)(C)C)ccc21.[Cl-]. The second kappa shape index (κ2) is 5.06. The van der Waals surface area contributed by atoms with Crippen molar-refractivity contribution >= 4 is 21.7 Å². The fourth-order valence-electron chi connectivity index (χ4n) is 2.66. The van der Waals surface area contributed by atoms with Gasteiger partial charge >= 0.3 is 0 Å². The van der Waals surface area contributed by atoms with Crippen molar-refractivity contribution in [1.29, 1.82) is 0 Å². The molecular formula is C18H20ClN. The van der Waals surface area contributed by atoms with Crippen LogP contribution in [0.1, 0.15) is 26.3 Å². The molecule has 0 atom stereocenters. The molecule has 0 aliphatic heterocycles. The Morgan fingerprint density at radius 2 is 1.60 bits per heavy atom. The molecule has 1 nitrogen and oxygen atoms in total. The number of pyridine rings is 1. The number of benzene rings is 2. The maximum absolute atomic E-state index is 2.34. The molecule has 0 amide bonds. The Bertz CT molecular complexity index is 769. The maximum atomic E-state index is 2.34. The Labute approximate surface area is 126 Å². The summed E-state index contributed by atoms with van der Waals surface area (Å²) < 4.78 is 2.21. The van der Waals surface area contributed by atoms with Crippen molar-refractivity contribution in [2.24, 2.45) is 7.05 Å². The molecule has 0 spiro atoms. The van der Waals surface area contributed by atoms with Crippen molar-refractivity contribution in [2.45, 2.75) is 26.2 Å². The summed E-state index contributed by atoms with van der Waals surface area (Å²) in [5.41, 5.74) is 2.85. The summed E-state index contributed by atoms with van der Waals surface area (Å²) in [7, 11) is 2.12. The van der Waals surface area contributed by atoms with Crippen molar-refractivity contribution in [1.82, 2.24) is 0 Å². The molecule has 1 aromatic heterocycles. The summed E-state index contributed by atoms with van der Waals surface area (Å²) in [6.45, 7) is 6.79. The van der Waals surface area contributed by atoms with Gasteiger partial charge in [-0.2, -0.15) is 0 Å². The van der Waals surface area contributed by atoms with Crippen molar-refractivity contribution in [3.8, 4) is 0 Å². The van der Waals surface area contributed by atoms with Crippen LogP contribution in [-0.2, 0) is 12.5 Å². The van der Waals surface area contributed by atoms with E-state index >= 15 is 0 Å². The molecule has 0 aliphatic carbocycles. The van der Waals surface area contributed by atoms with Crippen molar-refractivity contribution < 1.29 is 17.0 Å². The predicted octanol–water partition coefficient (Wildman–Crippen LogP) is 1.12. The zero-order valence-corrected chi connectivity index (χ0v) is 13.2. The lowest BCUT2D eigenvalue weighted by atomic mass is 9.86. The lowest BCUT2D eigenvalue weighted by molar-refractivity contribution is -0.643. The molecule has 0 unspecified atom stereocenters. The van der Waals surface area contributed by atoms with Crippen LogP contribution in [0.25, 0.3) is 21.7 Å². The molecule has 1 heterocycles. The third-order valence-electron chi connectivity index (χ3n) is 3.83. The van der Waals surface area contributed by atoms with E-state index in [4.69, 9.17) is 0 Å². The summed E-state index contributed by atoms with van der Waals surface area (Å²) in [6, 6.07) is 15.4. The summed E-state index contributed by atoms with van der Waals surface area (Å²) in [5, 5.41) is 3.97. The molecule has 20 heavy (non-hydrogen) atoms. The molecule has 0 saturated heterocycles. The minimum atomic E-state index is 0. The molecule has 3 aromatic rings. The van der Waals surface area contributed by atoms with E-state index in [1.807, 2.05) is 0 Å². The second-order valence-corrected chi connectivity index (χ2v) is 6.31. The number of aromatic nitrogens is 1. The van der Waals surface area contributed by atoms with Crippen molar-refractivity contribution in [2.75, 3.05) is 0 Å². The highest BCUT2D eigenvalue weighted by Crippen LogP contribution is 2.28. The van der Waals surface area contributed by atoms with Gasteiger partial charge in [0, 0.05) is 16.8 Å². The average molecular weight is 286 g/mol. The zero-order chi connectivity index (χ0) is 13.6. The normalized spacial score (nSPS) is 11.6. The number of nitrogens with zero attached hydrogens (tertiary/aromatic N) is 1. The van der Waals surface area contributed by atoms with E-state index in [0.717, 1.165) is 0 Å².